The van der Waals surface area contributed by atoms with E-state index in [1.54, 1.807) is 43.3 Å². The summed E-state index contributed by atoms with van der Waals surface area (Å²) in [6, 6.07) is 11.9. The molecule has 0 amide bonds. The quantitative estimate of drug-likeness (QED) is 0.513. The summed E-state index contributed by atoms with van der Waals surface area (Å²) in [5.41, 5.74) is 1.89. The van der Waals surface area contributed by atoms with Gasteiger partial charge in [-0.05, 0) is 30.7 Å². The van der Waals surface area contributed by atoms with Crippen molar-refractivity contribution >= 4 is 34.5 Å². The van der Waals surface area contributed by atoms with Crippen LogP contribution in [-0.4, -0.2) is 19.0 Å². The highest BCUT2D eigenvalue weighted by atomic mass is 35.5. The van der Waals surface area contributed by atoms with Crippen molar-refractivity contribution in [1.29, 1.82) is 0 Å². The molecule has 25 heavy (non-hydrogen) atoms. The molecule has 0 aliphatic heterocycles. The summed E-state index contributed by atoms with van der Waals surface area (Å²) < 4.78 is 15.5. The standard InChI is InChI=1S/C19H15ClO5/c1-11-14-4-3-5-15(20)18(14)25-17(11)19(22)24-13-8-6-12(7-9-13)10-16(21)23-2/h3-9H,10H2,1-2H3. The minimum Gasteiger partial charge on any atom is -0.469 e. The fourth-order valence-corrected chi connectivity index (χ4v) is 2.68. The lowest BCUT2D eigenvalue weighted by molar-refractivity contribution is -0.139. The lowest BCUT2D eigenvalue weighted by Gasteiger charge is -2.04. The molecule has 0 aliphatic carbocycles. The molecule has 0 radical (unpaired) electrons. The van der Waals surface area contributed by atoms with Crippen LogP contribution in [0.25, 0.3) is 11.0 Å². The van der Waals surface area contributed by atoms with Crippen LogP contribution in [0.15, 0.2) is 46.9 Å². The van der Waals surface area contributed by atoms with Crippen LogP contribution in [0.3, 0.4) is 0 Å². The van der Waals surface area contributed by atoms with Gasteiger partial charge in [-0.1, -0.05) is 35.9 Å². The van der Waals surface area contributed by atoms with Gasteiger partial charge < -0.3 is 13.9 Å². The Morgan fingerprint density at radius 3 is 2.48 bits per heavy atom. The van der Waals surface area contributed by atoms with Crippen molar-refractivity contribution in [2.24, 2.45) is 0 Å². The first-order chi connectivity index (χ1) is 12.0. The van der Waals surface area contributed by atoms with E-state index in [0.717, 1.165) is 10.9 Å². The second kappa shape index (κ2) is 6.99. The lowest BCUT2D eigenvalue weighted by Crippen LogP contribution is -2.09. The molecule has 128 valence electrons. The van der Waals surface area contributed by atoms with E-state index < -0.39 is 5.97 Å². The van der Waals surface area contributed by atoms with Crippen molar-refractivity contribution in [3.8, 4) is 5.75 Å². The van der Waals surface area contributed by atoms with Gasteiger partial charge >= 0.3 is 11.9 Å². The zero-order valence-electron chi connectivity index (χ0n) is 13.7. The molecule has 0 aliphatic rings. The highest BCUT2D eigenvalue weighted by Gasteiger charge is 2.21. The van der Waals surface area contributed by atoms with Crippen LogP contribution in [0, 0.1) is 6.92 Å². The molecule has 0 saturated carbocycles. The van der Waals surface area contributed by atoms with Gasteiger partial charge in [-0.3, -0.25) is 4.79 Å². The van der Waals surface area contributed by atoms with Crippen LogP contribution in [0.1, 0.15) is 21.7 Å². The molecule has 1 heterocycles. The molecule has 3 rings (SSSR count). The highest BCUT2D eigenvalue weighted by Crippen LogP contribution is 2.31. The van der Waals surface area contributed by atoms with E-state index in [4.69, 9.17) is 20.8 Å². The first kappa shape index (κ1) is 17.0. The Balaban J connectivity index is 1.79. The van der Waals surface area contributed by atoms with Gasteiger partial charge in [-0.2, -0.15) is 0 Å². The molecule has 6 heteroatoms. The van der Waals surface area contributed by atoms with Crippen LogP contribution in [-0.2, 0) is 16.0 Å². The third-order valence-corrected chi connectivity index (χ3v) is 4.11. The Morgan fingerprint density at radius 2 is 1.84 bits per heavy atom. The molecule has 1 aromatic heterocycles. The number of benzene rings is 2. The predicted octanol–water partition coefficient (Wildman–Crippen LogP) is 4.33. The Labute approximate surface area is 149 Å². The van der Waals surface area contributed by atoms with E-state index in [9.17, 15) is 9.59 Å². The van der Waals surface area contributed by atoms with E-state index >= 15 is 0 Å². The number of hydrogen-bond donors (Lipinski definition) is 0. The van der Waals surface area contributed by atoms with Crippen molar-refractivity contribution in [3.05, 3.63) is 64.4 Å². The first-order valence-electron chi connectivity index (χ1n) is 7.55. The van der Waals surface area contributed by atoms with Crippen LogP contribution >= 0.6 is 11.6 Å². The van der Waals surface area contributed by atoms with Gasteiger partial charge in [0.1, 0.15) is 5.75 Å². The van der Waals surface area contributed by atoms with Crippen molar-refractivity contribution < 1.29 is 23.5 Å². The van der Waals surface area contributed by atoms with E-state index in [-0.39, 0.29) is 18.2 Å². The summed E-state index contributed by atoms with van der Waals surface area (Å²) in [6.45, 7) is 1.78. The third kappa shape index (κ3) is 3.51. The van der Waals surface area contributed by atoms with Crippen LogP contribution in [0.5, 0.6) is 5.75 Å². The Morgan fingerprint density at radius 1 is 1.12 bits per heavy atom. The molecule has 0 bridgehead atoms. The number of esters is 2. The number of rotatable bonds is 4. The minimum absolute atomic E-state index is 0.113. The highest BCUT2D eigenvalue weighted by molar-refractivity contribution is 6.35. The number of aryl methyl sites for hydroxylation is 1. The molecule has 0 N–H and O–H groups in total. The Hall–Kier alpha value is -2.79. The van der Waals surface area contributed by atoms with Gasteiger partial charge in [0, 0.05) is 10.9 Å². The second-order valence-electron chi connectivity index (χ2n) is 5.46. The molecule has 2 aromatic carbocycles. The lowest BCUT2D eigenvalue weighted by atomic mass is 10.1. The molecule has 0 spiro atoms. The van der Waals surface area contributed by atoms with E-state index in [1.807, 2.05) is 6.07 Å². The second-order valence-corrected chi connectivity index (χ2v) is 5.87. The largest absolute Gasteiger partial charge is 0.469 e. The topological polar surface area (TPSA) is 65.7 Å². The monoisotopic (exact) mass is 358 g/mol. The molecule has 3 aromatic rings. The number of hydrogen-bond acceptors (Lipinski definition) is 5. The molecule has 0 atom stereocenters. The third-order valence-electron chi connectivity index (χ3n) is 3.81. The normalized spacial score (nSPS) is 10.7. The molecule has 0 saturated heterocycles. The van der Waals surface area contributed by atoms with E-state index in [0.29, 0.717) is 21.9 Å². The summed E-state index contributed by atoms with van der Waals surface area (Å²) in [5.74, 6) is -0.476. The first-order valence-corrected chi connectivity index (χ1v) is 7.93. The maximum Gasteiger partial charge on any atom is 0.379 e. The van der Waals surface area contributed by atoms with Gasteiger partial charge in [-0.25, -0.2) is 4.79 Å². The smallest absolute Gasteiger partial charge is 0.379 e. The summed E-state index contributed by atoms with van der Waals surface area (Å²) in [4.78, 5) is 23.6. The van der Waals surface area contributed by atoms with E-state index in [1.165, 1.54) is 7.11 Å². The zero-order chi connectivity index (χ0) is 18.0. The number of carbonyl (C=O) groups excluding carboxylic acids is 2. The number of carbonyl (C=O) groups is 2. The van der Waals surface area contributed by atoms with Crippen molar-refractivity contribution in [2.45, 2.75) is 13.3 Å². The number of fused-ring (bicyclic) bond motifs is 1. The molecule has 5 nitrogen and oxygen atoms in total. The van der Waals surface area contributed by atoms with Gasteiger partial charge in [0.2, 0.25) is 5.76 Å². The minimum atomic E-state index is -0.606. The maximum absolute atomic E-state index is 12.4. The van der Waals surface area contributed by atoms with Crippen molar-refractivity contribution in [3.63, 3.8) is 0 Å². The number of ether oxygens (including phenoxy) is 2. The summed E-state index contributed by atoms with van der Waals surface area (Å²) in [5, 5.41) is 1.21. The van der Waals surface area contributed by atoms with Crippen molar-refractivity contribution in [1.82, 2.24) is 0 Å². The number of halogens is 1. The van der Waals surface area contributed by atoms with Gasteiger partial charge in [0.15, 0.2) is 5.58 Å². The van der Waals surface area contributed by atoms with Crippen LogP contribution in [0.2, 0.25) is 5.02 Å². The number of para-hydroxylation sites is 1. The van der Waals surface area contributed by atoms with E-state index in [2.05, 4.69) is 4.74 Å². The maximum atomic E-state index is 12.4. The summed E-state index contributed by atoms with van der Waals surface area (Å²) in [7, 11) is 1.33. The Bertz CT molecular complexity index is 940. The fraction of sp³-hybridized carbons (Fsp3) is 0.158. The molecule has 0 fully saturated rings. The molecule has 0 unspecified atom stereocenters. The average molecular weight is 359 g/mol. The molecular formula is C19H15ClO5. The predicted molar refractivity (Wildman–Crippen MR) is 93.1 cm³/mol. The summed E-state index contributed by atoms with van der Waals surface area (Å²) in [6.07, 6.45) is 0.159. The fourth-order valence-electron chi connectivity index (χ4n) is 2.47. The zero-order valence-corrected chi connectivity index (χ0v) is 14.4. The van der Waals surface area contributed by atoms with Gasteiger partial charge in [0.05, 0.1) is 18.6 Å². The van der Waals surface area contributed by atoms with Gasteiger partial charge in [0.25, 0.3) is 0 Å². The van der Waals surface area contributed by atoms with Crippen molar-refractivity contribution in [2.75, 3.05) is 7.11 Å². The Kier molecular flexibility index (Phi) is 4.76. The SMILES string of the molecule is COC(=O)Cc1ccc(OC(=O)c2oc3c(Cl)cccc3c2C)cc1. The summed E-state index contributed by atoms with van der Waals surface area (Å²) >= 11 is 6.09. The van der Waals surface area contributed by atoms with Gasteiger partial charge in [-0.15, -0.1) is 0 Å². The van der Waals surface area contributed by atoms with Crippen LogP contribution in [0.4, 0.5) is 0 Å². The number of methoxy groups -OCH3 is 1. The average Bonchev–Trinajstić information content (AvgIpc) is 2.95. The molecular weight excluding hydrogens is 344 g/mol. The van der Waals surface area contributed by atoms with Crippen LogP contribution < -0.4 is 4.74 Å². The number of furan rings is 1.